The standard InChI is InChI=1S/C29H31ClN2O7/c1-15(2)14-39-29(34)26-16(3)31-21-10-19(17-7-9-24(37-4)25(13-17)38-5)12-23(33)28(21)27(26)18-6-8-20(30)22(11-18)32(35)36/h6-9,11,13,15,19,27,31H,10,12,14H2,1-5H3/t19-,27-/m1/s1. The van der Waals surface area contributed by atoms with E-state index in [-0.39, 0.29) is 46.9 Å². The molecule has 1 N–H and O–H groups in total. The lowest BCUT2D eigenvalue weighted by atomic mass is 9.71. The molecule has 0 bridgehead atoms. The van der Waals surface area contributed by atoms with E-state index in [1.54, 1.807) is 33.3 Å². The van der Waals surface area contributed by atoms with Gasteiger partial charge in [-0.05, 0) is 54.5 Å². The van der Waals surface area contributed by atoms with Gasteiger partial charge >= 0.3 is 5.97 Å². The molecule has 0 saturated heterocycles. The molecule has 1 aliphatic carbocycles. The third-order valence-corrected chi connectivity index (χ3v) is 7.29. The molecule has 1 aliphatic heterocycles. The van der Waals surface area contributed by atoms with Gasteiger partial charge in [0.15, 0.2) is 17.3 Å². The lowest BCUT2D eigenvalue weighted by Gasteiger charge is -2.36. The summed E-state index contributed by atoms with van der Waals surface area (Å²) < 4.78 is 16.4. The molecule has 2 aromatic carbocycles. The van der Waals surface area contributed by atoms with Crippen molar-refractivity contribution in [3.05, 3.63) is 85.2 Å². The Morgan fingerprint density at radius 3 is 2.44 bits per heavy atom. The number of Topliss-reactive ketones (excluding diaryl/α,β-unsaturated/α-hetero) is 1. The first-order chi connectivity index (χ1) is 18.5. The summed E-state index contributed by atoms with van der Waals surface area (Å²) in [4.78, 5) is 38.2. The maximum Gasteiger partial charge on any atom is 0.336 e. The van der Waals surface area contributed by atoms with Crippen molar-refractivity contribution in [2.24, 2.45) is 5.92 Å². The Hall–Kier alpha value is -3.85. The molecule has 0 fully saturated rings. The Kier molecular flexibility index (Phi) is 8.30. The largest absolute Gasteiger partial charge is 0.493 e. The highest BCUT2D eigenvalue weighted by Gasteiger charge is 2.42. The number of hydrogen-bond acceptors (Lipinski definition) is 8. The number of allylic oxidation sites excluding steroid dienone is 3. The lowest BCUT2D eigenvalue weighted by molar-refractivity contribution is -0.384. The Balaban J connectivity index is 1.80. The highest BCUT2D eigenvalue weighted by atomic mass is 35.5. The average molecular weight is 555 g/mol. The molecule has 9 nitrogen and oxygen atoms in total. The highest BCUT2D eigenvalue weighted by Crippen LogP contribution is 2.47. The summed E-state index contributed by atoms with van der Waals surface area (Å²) in [5.74, 6) is -0.453. The number of nitrogens with zero attached hydrogens (tertiary/aromatic N) is 1. The summed E-state index contributed by atoms with van der Waals surface area (Å²) in [7, 11) is 3.12. The molecule has 0 radical (unpaired) electrons. The van der Waals surface area contributed by atoms with Crippen molar-refractivity contribution in [3.8, 4) is 11.5 Å². The van der Waals surface area contributed by atoms with Gasteiger partial charge in [-0.15, -0.1) is 0 Å². The number of ether oxygens (including phenoxy) is 3. The van der Waals surface area contributed by atoms with Crippen LogP contribution in [0.2, 0.25) is 5.02 Å². The monoisotopic (exact) mass is 554 g/mol. The van der Waals surface area contributed by atoms with Crippen molar-refractivity contribution in [1.29, 1.82) is 0 Å². The molecule has 4 rings (SSSR count). The molecular formula is C29H31ClN2O7. The molecule has 206 valence electrons. The minimum atomic E-state index is -0.837. The number of dihydropyridines is 1. The van der Waals surface area contributed by atoms with Gasteiger partial charge in [-0.1, -0.05) is 37.6 Å². The van der Waals surface area contributed by atoms with E-state index in [1.165, 1.54) is 12.1 Å². The molecule has 0 unspecified atom stereocenters. The van der Waals surface area contributed by atoms with Gasteiger partial charge in [-0.3, -0.25) is 14.9 Å². The van der Waals surface area contributed by atoms with Crippen molar-refractivity contribution in [2.75, 3.05) is 20.8 Å². The third-order valence-electron chi connectivity index (χ3n) is 6.97. The van der Waals surface area contributed by atoms with E-state index in [2.05, 4.69) is 5.32 Å². The van der Waals surface area contributed by atoms with Crippen molar-refractivity contribution < 1.29 is 28.7 Å². The molecule has 0 amide bonds. The number of methoxy groups -OCH3 is 2. The van der Waals surface area contributed by atoms with E-state index >= 15 is 0 Å². The topological polar surface area (TPSA) is 117 Å². The minimum Gasteiger partial charge on any atom is -0.493 e. The van der Waals surface area contributed by atoms with Crippen LogP contribution in [0.4, 0.5) is 5.69 Å². The maximum atomic E-state index is 13.8. The summed E-state index contributed by atoms with van der Waals surface area (Å²) >= 11 is 6.09. The number of rotatable bonds is 8. The second kappa shape index (κ2) is 11.5. The first-order valence-electron chi connectivity index (χ1n) is 12.6. The van der Waals surface area contributed by atoms with Crippen LogP contribution < -0.4 is 14.8 Å². The van der Waals surface area contributed by atoms with Gasteiger partial charge in [0.2, 0.25) is 0 Å². The number of ketones is 1. The Labute approximate surface area is 231 Å². The van der Waals surface area contributed by atoms with Crippen LogP contribution in [0.5, 0.6) is 11.5 Å². The van der Waals surface area contributed by atoms with E-state index in [9.17, 15) is 19.7 Å². The molecular weight excluding hydrogens is 524 g/mol. The normalized spacial score (nSPS) is 19.0. The molecule has 39 heavy (non-hydrogen) atoms. The molecule has 1 heterocycles. The van der Waals surface area contributed by atoms with Crippen LogP contribution in [0.15, 0.2) is 58.9 Å². The first kappa shape index (κ1) is 28.2. The number of carbonyl (C=O) groups excluding carboxylic acids is 2. The number of nitro groups is 1. The Bertz CT molecular complexity index is 1400. The van der Waals surface area contributed by atoms with E-state index < -0.39 is 16.8 Å². The number of hydrogen-bond donors (Lipinski definition) is 1. The Morgan fingerprint density at radius 2 is 1.79 bits per heavy atom. The average Bonchev–Trinajstić information content (AvgIpc) is 2.90. The van der Waals surface area contributed by atoms with Crippen LogP contribution in [0, 0.1) is 16.0 Å². The summed E-state index contributed by atoms with van der Waals surface area (Å²) in [6.45, 7) is 5.79. The smallest absolute Gasteiger partial charge is 0.336 e. The van der Waals surface area contributed by atoms with Gasteiger partial charge in [0.25, 0.3) is 5.69 Å². The van der Waals surface area contributed by atoms with Gasteiger partial charge in [-0.25, -0.2) is 4.79 Å². The van der Waals surface area contributed by atoms with E-state index in [0.717, 1.165) is 5.56 Å². The fourth-order valence-electron chi connectivity index (χ4n) is 5.15. The summed E-state index contributed by atoms with van der Waals surface area (Å²) in [6, 6.07) is 9.95. The molecule has 2 atom stereocenters. The lowest BCUT2D eigenvalue weighted by Crippen LogP contribution is -2.36. The van der Waals surface area contributed by atoms with Crippen molar-refractivity contribution in [1.82, 2.24) is 5.32 Å². The van der Waals surface area contributed by atoms with Crippen LogP contribution >= 0.6 is 11.6 Å². The number of esters is 1. The van der Waals surface area contributed by atoms with E-state index in [4.69, 9.17) is 25.8 Å². The quantitative estimate of drug-likeness (QED) is 0.246. The highest BCUT2D eigenvalue weighted by molar-refractivity contribution is 6.32. The van der Waals surface area contributed by atoms with Crippen LogP contribution in [0.25, 0.3) is 0 Å². The number of nitro benzene ring substituents is 1. The number of halogens is 1. The SMILES string of the molecule is COc1ccc([C@H]2CC(=O)C3=C(C2)NC(C)=C(C(=O)OCC(C)C)[C@H]3c2ccc(Cl)c([N+](=O)[O-])c2)cc1OC. The summed E-state index contributed by atoms with van der Waals surface area (Å²) in [6.07, 6.45) is 0.684. The number of nitrogens with one attached hydrogen (secondary N) is 1. The van der Waals surface area contributed by atoms with Gasteiger partial charge in [0.1, 0.15) is 5.02 Å². The van der Waals surface area contributed by atoms with Crippen molar-refractivity contribution in [3.63, 3.8) is 0 Å². The predicted molar refractivity (Wildman–Crippen MR) is 146 cm³/mol. The molecule has 0 spiro atoms. The molecule has 0 saturated carbocycles. The molecule has 10 heteroatoms. The van der Waals surface area contributed by atoms with Crippen LogP contribution in [-0.4, -0.2) is 37.5 Å². The predicted octanol–water partition coefficient (Wildman–Crippen LogP) is 5.83. The molecule has 2 aliphatic rings. The summed E-state index contributed by atoms with van der Waals surface area (Å²) in [5, 5.41) is 14.9. The van der Waals surface area contributed by atoms with Gasteiger partial charge in [0.05, 0.1) is 31.3 Å². The van der Waals surface area contributed by atoms with Gasteiger partial charge in [-0.2, -0.15) is 0 Å². The number of carbonyl (C=O) groups is 2. The van der Waals surface area contributed by atoms with Crippen LogP contribution in [0.1, 0.15) is 56.6 Å². The van der Waals surface area contributed by atoms with Crippen LogP contribution in [-0.2, 0) is 14.3 Å². The molecule has 2 aromatic rings. The fourth-order valence-corrected chi connectivity index (χ4v) is 5.34. The maximum absolute atomic E-state index is 13.8. The zero-order valence-corrected chi connectivity index (χ0v) is 23.3. The zero-order chi connectivity index (χ0) is 28.4. The minimum absolute atomic E-state index is 0.0278. The first-order valence-corrected chi connectivity index (χ1v) is 13.0. The van der Waals surface area contributed by atoms with Gasteiger partial charge < -0.3 is 19.5 Å². The van der Waals surface area contributed by atoms with Gasteiger partial charge in [0, 0.05) is 35.4 Å². The van der Waals surface area contributed by atoms with E-state index in [0.29, 0.717) is 40.5 Å². The van der Waals surface area contributed by atoms with Crippen LogP contribution in [0.3, 0.4) is 0 Å². The fraction of sp³-hybridized carbons (Fsp3) is 0.379. The van der Waals surface area contributed by atoms with E-state index in [1.807, 2.05) is 26.0 Å². The zero-order valence-electron chi connectivity index (χ0n) is 22.5. The third kappa shape index (κ3) is 5.63. The second-order valence-corrected chi connectivity index (χ2v) is 10.5. The number of benzene rings is 2. The summed E-state index contributed by atoms with van der Waals surface area (Å²) in [5.41, 5.74) is 2.91. The van der Waals surface area contributed by atoms with Crippen molar-refractivity contribution >= 4 is 29.0 Å². The Morgan fingerprint density at radius 1 is 1.10 bits per heavy atom. The second-order valence-electron chi connectivity index (χ2n) is 10.1. The molecule has 0 aromatic heterocycles. The van der Waals surface area contributed by atoms with Crippen molar-refractivity contribution in [2.45, 2.75) is 45.4 Å².